The molecular weight excluding hydrogens is 236 g/mol. The standard InChI is InChI=1S/C16H24N2O/c1-4-17-15-5-7-18(8-6-15)16(19)14-10-12(2)9-13(3)11-14/h9-11,15,17H,4-8H2,1-3H3. The second-order valence-electron chi connectivity index (χ2n) is 5.50. The topological polar surface area (TPSA) is 32.3 Å². The SMILES string of the molecule is CCNC1CCN(C(=O)c2cc(C)cc(C)c2)CC1. The van der Waals surface area contributed by atoms with Crippen molar-refractivity contribution in [3.63, 3.8) is 0 Å². The van der Waals surface area contributed by atoms with E-state index in [4.69, 9.17) is 0 Å². The maximum absolute atomic E-state index is 12.5. The quantitative estimate of drug-likeness (QED) is 0.905. The molecule has 0 aromatic heterocycles. The van der Waals surface area contributed by atoms with Crippen molar-refractivity contribution in [1.29, 1.82) is 0 Å². The lowest BCUT2D eigenvalue weighted by Gasteiger charge is -2.32. The van der Waals surface area contributed by atoms with E-state index in [0.29, 0.717) is 6.04 Å². The van der Waals surface area contributed by atoms with E-state index in [2.05, 4.69) is 18.3 Å². The van der Waals surface area contributed by atoms with Gasteiger partial charge in [0.2, 0.25) is 0 Å². The van der Waals surface area contributed by atoms with Crippen LogP contribution in [0.2, 0.25) is 0 Å². The van der Waals surface area contributed by atoms with Gasteiger partial charge >= 0.3 is 0 Å². The fraction of sp³-hybridized carbons (Fsp3) is 0.562. The van der Waals surface area contributed by atoms with Gasteiger partial charge in [0.15, 0.2) is 0 Å². The Morgan fingerprint density at radius 2 is 1.79 bits per heavy atom. The molecule has 3 heteroatoms. The molecule has 0 bridgehead atoms. The summed E-state index contributed by atoms with van der Waals surface area (Å²) in [6, 6.07) is 6.67. The van der Waals surface area contributed by atoms with E-state index >= 15 is 0 Å². The summed E-state index contributed by atoms with van der Waals surface area (Å²) < 4.78 is 0. The zero-order valence-electron chi connectivity index (χ0n) is 12.2. The van der Waals surface area contributed by atoms with Crippen LogP contribution in [-0.4, -0.2) is 36.5 Å². The molecule has 1 aromatic rings. The van der Waals surface area contributed by atoms with Gasteiger partial charge in [-0.1, -0.05) is 24.1 Å². The fourth-order valence-electron chi connectivity index (χ4n) is 2.86. The van der Waals surface area contributed by atoms with Crippen LogP contribution in [0.4, 0.5) is 0 Å². The van der Waals surface area contributed by atoms with E-state index < -0.39 is 0 Å². The number of rotatable bonds is 3. The van der Waals surface area contributed by atoms with Crippen LogP contribution in [0.5, 0.6) is 0 Å². The summed E-state index contributed by atoms with van der Waals surface area (Å²) >= 11 is 0. The van der Waals surface area contributed by atoms with Crippen LogP contribution in [0.3, 0.4) is 0 Å². The number of amides is 1. The van der Waals surface area contributed by atoms with Gasteiger partial charge in [-0.25, -0.2) is 0 Å². The van der Waals surface area contributed by atoms with Gasteiger partial charge in [0.25, 0.3) is 5.91 Å². The molecule has 1 heterocycles. The molecule has 1 saturated heterocycles. The van der Waals surface area contributed by atoms with Crippen LogP contribution in [0.1, 0.15) is 41.3 Å². The Morgan fingerprint density at radius 3 is 2.32 bits per heavy atom. The van der Waals surface area contributed by atoms with E-state index in [-0.39, 0.29) is 5.91 Å². The van der Waals surface area contributed by atoms with E-state index in [1.807, 2.05) is 30.9 Å². The summed E-state index contributed by atoms with van der Waals surface area (Å²) in [5.41, 5.74) is 3.15. The second-order valence-corrected chi connectivity index (χ2v) is 5.50. The van der Waals surface area contributed by atoms with Gasteiger partial charge in [-0.3, -0.25) is 4.79 Å². The van der Waals surface area contributed by atoms with Gasteiger partial charge in [-0.05, 0) is 45.4 Å². The number of piperidine rings is 1. The number of nitrogens with one attached hydrogen (secondary N) is 1. The molecule has 1 aliphatic heterocycles. The van der Waals surface area contributed by atoms with E-state index in [1.165, 1.54) is 0 Å². The molecule has 1 N–H and O–H groups in total. The van der Waals surface area contributed by atoms with Crippen LogP contribution in [0, 0.1) is 13.8 Å². The summed E-state index contributed by atoms with van der Waals surface area (Å²) in [5, 5.41) is 3.46. The molecule has 1 fully saturated rings. The van der Waals surface area contributed by atoms with Gasteiger partial charge in [0, 0.05) is 24.7 Å². The molecule has 0 atom stereocenters. The predicted octanol–water partition coefficient (Wildman–Crippen LogP) is 2.52. The summed E-state index contributed by atoms with van der Waals surface area (Å²) in [7, 11) is 0. The van der Waals surface area contributed by atoms with Crippen molar-refractivity contribution in [2.45, 2.75) is 39.7 Å². The van der Waals surface area contributed by atoms with Crippen molar-refractivity contribution in [2.75, 3.05) is 19.6 Å². The molecule has 104 valence electrons. The van der Waals surface area contributed by atoms with Crippen molar-refractivity contribution in [3.05, 3.63) is 34.9 Å². The Labute approximate surface area is 116 Å². The summed E-state index contributed by atoms with van der Waals surface area (Å²) in [6.07, 6.45) is 2.12. The molecule has 0 radical (unpaired) electrons. The molecule has 2 rings (SSSR count). The number of carbonyl (C=O) groups is 1. The second kappa shape index (κ2) is 6.20. The Kier molecular flexibility index (Phi) is 4.59. The maximum atomic E-state index is 12.5. The molecule has 1 aromatic carbocycles. The molecular formula is C16H24N2O. The third kappa shape index (κ3) is 3.57. The first kappa shape index (κ1) is 14.1. The van der Waals surface area contributed by atoms with Crippen molar-refractivity contribution < 1.29 is 4.79 Å². The lowest BCUT2D eigenvalue weighted by atomic mass is 10.0. The first-order valence-corrected chi connectivity index (χ1v) is 7.21. The van der Waals surface area contributed by atoms with Gasteiger partial charge < -0.3 is 10.2 Å². The average Bonchev–Trinajstić information content (AvgIpc) is 2.38. The highest BCUT2D eigenvalue weighted by molar-refractivity contribution is 5.94. The van der Waals surface area contributed by atoms with E-state index in [1.54, 1.807) is 0 Å². The number of nitrogens with zero attached hydrogens (tertiary/aromatic N) is 1. The van der Waals surface area contributed by atoms with Crippen molar-refractivity contribution in [1.82, 2.24) is 10.2 Å². The van der Waals surface area contributed by atoms with Gasteiger partial charge in [0.05, 0.1) is 0 Å². The van der Waals surface area contributed by atoms with Crippen molar-refractivity contribution in [2.24, 2.45) is 0 Å². The lowest BCUT2D eigenvalue weighted by Crippen LogP contribution is -2.44. The van der Waals surface area contributed by atoms with Crippen LogP contribution in [0.15, 0.2) is 18.2 Å². The molecule has 0 unspecified atom stereocenters. The number of likely N-dealkylation sites (tertiary alicyclic amines) is 1. The Hall–Kier alpha value is -1.35. The lowest BCUT2D eigenvalue weighted by molar-refractivity contribution is 0.0705. The van der Waals surface area contributed by atoms with Crippen LogP contribution < -0.4 is 5.32 Å². The molecule has 1 aliphatic rings. The minimum atomic E-state index is 0.182. The zero-order valence-corrected chi connectivity index (χ0v) is 12.2. The van der Waals surface area contributed by atoms with Crippen LogP contribution in [0.25, 0.3) is 0 Å². The summed E-state index contributed by atoms with van der Waals surface area (Å²) in [4.78, 5) is 14.5. The van der Waals surface area contributed by atoms with Gasteiger partial charge in [0.1, 0.15) is 0 Å². The first-order chi connectivity index (χ1) is 9.10. The minimum absolute atomic E-state index is 0.182. The molecule has 19 heavy (non-hydrogen) atoms. The predicted molar refractivity (Wildman–Crippen MR) is 78.5 cm³/mol. The number of carbonyl (C=O) groups excluding carboxylic acids is 1. The highest BCUT2D eigenvalue weighted by Gasteiger charge is 2.23. The van der Waals surface area contributed by atoms with Gasteiger partial charge in [-0.15, -0.1) is 0 Å². The molecule has 3 nitrogen and oxygen atoms in total. The largest absolute Gasteiger partial charge is 0.339 e. The molecule has 0 aliphatic carbocycles. The number of hydrogen-bond donors (Lipinski definition) is 1. The highest BCUT2D eigenvalue weighted by Crippen LogP contribution is 2.16. The zero-order chi connectivity index (χ0) is 13.8. The maximum Gasteiger partial charge on any atom is 0.253 e. The fourth-order valence-corrected chi connectivity index (χ4v) is 2.86. The van der Waals surface area contributed by atoms with Crippen molar-refractivity contribution >= 4 is 5.91 Å². The number of aryl methyl sites for hydroxylation is 2. The van der Waals surface area contributed by atoms with Crippen LogP contribution >= 0.6 is 0 Å². The minimum Gasteiger partial charge on any atom is -0.339 e. The highest BCUT2D eigenvalue weighted by atomic mass is 16.2. The third-order valence-corrected chi connectivity index (χ3v) is 3.74. The smallest absolute Gasteiger partial charge is 0.253 e. The van der Waals surface area contributed by atoms with Crippen molar-refractivity contribution in [3.8, 4) is 0 Å². The summed E-state index contributed by atoms with van der Waals surface area (Å²) in [6.45, 7) is 8.96. The normalized spacial score (nSPS) is 16.7. The Balaban J connectivity index is 2.01. The first-order valence-electron chi connectivity index (χ1n) is 7.21. The average molecular weight is 260 g/mol. The number of benzene rings is 1. The van der Waals surface area contributed by atoms with E-state index in [0.717, 1.165) is 49.2 Å². The Morgan fingerprint density at radius 1 is 1.21 bits per heavy atom. The van der Waals surface area contributed by atoms with Crippen LogP contribution in [-0.2, 0) is 0 Å². The molecule has 0 spiro atoms. The monoisotopic (exact) mass is 260 g/mol. The Bertz CT molecular complexity index is 428. The molecule has 0 saturated carbocycles. The van der Waals surface area contributed by atoms with Gasteiger partial charge in [-0.2, -0.15) is 0 Å². The summed E-state index contributed by atoms with van der Waals surface area (Å²) in [5.74, 6) is 0.182. The molecule has 1 amide bonds. The number of hydrogen-bond acceptors (Lipinski definition) is 2. The van der Waals surface area contributed by atoms with E-state index in [9.17, 15) is 4.79 Å². The third-order valence-electron chi connectivity index (χ3n) is 3.74.